The van der Waals surface area contributed by atoms with Gasteiger partial charge in [0.2, 0.25) is 0 Å². The maximum Gasteiger partial charge on any atom is 0.251 e. The summed E-state index contributed by atoms with van der Waals surface area (Å²) < 4.78 is 6.87. The van der Waals surface area contributed by atoms with E-state index < -0.39 is 0 Å². The van der Waals surface area contributed by atoms with Gasteiger partial charge in [0.15, 0.2) is 0 Å². The first kappa shape index (κ1) is 16.9. The van der Waals surface area contributed by atoms with Crippen LogP contribution in [0.1, 0.15) is 27.0 Å². The fraction of sp³-hybridized carbons (Fsp3) is 0.211. The molecule has 6 nitrogen and oxygen atoms in total. The summed E-state index contributed by atoms with van der Waals surface area (Å²) in [5, 5.41) is 7.03. The molecule has 0 unspecified atom stereocenters. The predicted octanol–water partition coefficient (Wildman–Crippen LogP) is 2.40. The number of methoxy groups -OCH3 is 1. The smallest absolute Gasteiger partial charge is 0.251 e. The van der Waals surface area contributed by atoms with E-state index in [2.05, 4.69) is 15.4 Å². The molecule has 0 aliphatic rings. The Bertz CT molecular complexity index is 814. The van der Waals surface area contributed by atoms with Crippen molar-refractivity contribution in [2.45, 2.75) is 19.7 Å². The van der Waals surface area contributed by atoms with E-state index in [9.17, 15) is 4.79 Å². The van der Waals surface area contributed by atoms with E-state index in [1.165, 1.54) is 6.33 Å². The van der Waals surface area contributed by atoms with Crippen LogP contribution < -0.4 is 5.32 Å². The van der Waals surface area contributed by atoms with Crippen molar-refractivity contribution in [3.8, 4) is 0 Å². The first-order valence-electron chi connectivity index (χ1n) is 8.01. The van der Waals surface area contributed by atoms with Crippen LogP contribution in [0.4, 0.5) is 0 Å². The number of carbonyl (C=O) groups is 1. The third-order valence-corrected chi connectivity index (χ3v) is 3.79. The summed E-state index contributed by atoms with van der Waals surface area (Å²) in [7, 11) is 1.64. The molecule has 3 rings (SSSR count). The van der Waals surface area contributed by atoms with E-state index in [0.29, 0.717) is 25.3 Å². The lowest BCUT2D eigenvalue weighted by atomic mass is 10.1. The molecule has 0 radical (unpaired) electrons. The van der Waals surface area contributed by atoms with Gasteiger partial charge in [-0.05, 0) is 28.8 Å². The second-order valence-electron chi connectivity index (χ2n) is 5.73. The van der Waals surface area contributed by atoms with Gasteiger partial charge in [-0.2, -0.15) is 5.10 Å². The highest BCUT2D eigenvalue weighted by Gasteiger charge is 2.06. The molecule has 0 bridgehead atoms. The number of aromatic nitrogens is 3. The molecule has 0 spiro atoms. The van der Waals surface area contributed by atoms with Crippen LogP contribution >= 0.6 is 0 Å². The van der Waals surface area contributed by atoms with Gasteiger partial charge in [0, 0.05) is 19.2 Å². The summed E-state index contributed by atoms with van der Waals surface area (Å²) >= 11 is 0. The van der Waals surface area contributed by atoms with Gasteiger partial charge in [0.1, 0.15) is 12.7 Å². The fourth-order valence-corrected chi connectivity index (χ4v) is 2.52. The van der Waals surface area contributed by atoms with Crippen LogP contribution in [-0.4, -0.2) is 27.8 Å². The number of hydrogen-bond donors (Lipinski definition) is 1. The van der Waals surface area contributed by atoms with Crippen molar-refractivity contribution in [1.82, 2.24) is 20.1 Å². The highest BCUT2D eigenvalue weighted by molar-refractivity contribution is 5.94. The number of hydrogen-bond acceptors (Lipinski definition) is 4. The molecule has 0 saturated carbocycles. The Morgan fingerprint density at radius 1 is 1.12 bits per heavy atom. The molecule has 1 amide bonds. The standard InChI is InChI=1S/C19H20N4O2/c1-25-12-17-3-2-4-18(9-17)19(24)21-10-15-5-7-16(8-6-15)11-23-14-20-13-22-23/h2-9,13-14H,10-12H2,1H3,(H,21,24). The molecule has 0 aliphatic carbocycles. The minimum atomic E-state index is -0.0929. The molecule has 0 saturated heterocycles. The lowest BCUT2D eigenvalue weighted by Gasteiger charge is -2.08. The van der Waals surface area contributed by atoms with Crippen molar-refractivity contribution < 1.29 is 9.53 Å². The number of nitrogens with one attached hydrogen (secondary N) is 1. The van der Waals surface area contributed by atoms with Gasteiger partial charge in [-0.15, -0.1) is 0 Å². The van der Waals surface area contributed by atoms with E-state index in [-0.39, 0.29) is 5.91 Å². The third kappa shape index (κ3) is 4.74. The first-order chi connectivity index (χ1) is 12.2. The van der Waals surface area contributed by atoms with E-state index in [1.54, 1.807) is 24.2 Å². The highest BCUT2D eigenvalue weighted by atomic mass is 16.5. The van der Waals surface area contributed by atoms with Crippen molar-refractivity contribution in [3.05, 3.63) is 83.4 Å². The van der Waals surface area contributed by atoms with Gasteiger partial charge in [-0.1, -0.05) is 36.4 Å². The summed E-state index contributed by atoms with van der Waals surface area (Å²) in [5.74, 6) is -0.0929. The molecule has 1 N–H and O–H groups in total. The maximum absolute atomic E-state index is 12.3. The van der Waals surface area contributed by atoms with Gasteiger partial charge >= 0.3 is 0 Å². The molecule has 3 aromatic rings. The Morgan fingerprint density at radius 3 is 2.64 bits per heavy atom. The van der Waals surface area contributed by atoms with Gasteiger partial charge in [0.25, 0.3) is 5.91 Å². The maximum atomic E-state index is 12.3. The molecule has 25 heavy (non-hydrogen) atoms. The fourth-order valence-electron chi connectivity index (χ4n) is 2.52. The summed E-state index contributed by atoms with van der Waals surface area (Å²) in [5.41, 5.74) is 3.79. The predicted molar refractivity (Wildman–Crippen MR) is 93.9 cm³/mol. The number of amides is 1. The molecule has 0 aliphatic heterocycles. The van der Waals surface area contributed by atoms with Gasteiger partial charge < -0.3 is 10.1 Å². The van der Waals surface area contributed by atoms with Crippen LogP contribution in [-0.2, 0) is 24.4 Å². The summed E-state index contributed by atoms with van der Waals surface area (Å²) in [6.07, 6.45) is 3.21. The number of rotatable bonds is 7. The Hall–Kier alpha value is -2.99. The zero-order chi connectivity index (χ0) is 17.5. The van der Waals surface area contributed by atoms with Crippen molar-refractivity contribution in [3.63, 3.8) is 0 Å². The topological polar surface area (TPSA) is 69.0 Å². The summed E-state index contributed by atoms with van der Waals surface area (Å²) in [4.78, 5) is 16.2. The molecule has 128 valence electrons. The summed E-state index contributed by atoms with van der Waals surface area (Å²) in [6.45, 7) is 1.66. The van der Waals surface area contributed by atoms with E-state index in [4.69, 9.17) is 4.74 Å². The molecule has 2 aromatic carbocycles. The van der Waals surface area contributed by atoms with Crippen molar-refractivity contribution in [1.29, 1.82) is 0 Å². The number of benzene rings is 2. The lowest BCUT2D eigenvalue weighted by Crippen LogP contribution is -2.22. The number of nitrogens with zero attached hydrogens (tertiary/aromatic N) is 3. The van der Waals surface area contributed by atoms with Crippen LogP contribution in [0.15, 0.2) is 61.2 Å². The summed E-state index contributed by atoms with van der Waals surface area (Å²) in [6, 6.07) is 15.5. The van der Waals surface area contributed by atoms with Crippen LogP contribution in [0.3, 0.4) is 0 Å². The van der Waals surface area contributed by atoms with Crippen LogP contribution in [0.25, 0.3) is 0 Å². The molecule has 1 aromatic heterocycles. The van der Waals surface area contributed by atoms with E-state index in [0.717, 1.165) is 16.7 Å². The van der Waals surface area contributed by atoms with E-state index >= 15 is 0 Å². The Kier molecular flexibility index (Phi) is 5.53. The minimum Gasteiger partial charge on any atom is -0.380 e. The Labute approximate surface area is 146 Å². The zero-order valence-electron chi connectivity index (χ0n) is 14.1. The average Bonchev–Trinajstić information content (AvgIpc) is 3.14. The minimum absolute atomic E-state index is 0.0929. The number of ether oxygens (including phenoxy) is 1. The van der Waals surface area contributed by atoms with Crippen LogP contribution in [0.5, 0.6) is 0 Å². The lowest BCUT2D eigenvalue weighted by molar-refractivity contribution is 0.0950. The Balaban J connectivity index is 1.56. The monoisotopic (exact) mass is 336 g/mol. The molecular weight excluding hydrogens is 316 g/mol. The highest BCUT2D eigenvalue weighted by Crippen LogP contribution is 2.08. The van der Waals surface area contributed by atoms with Gasteiger partial charge in [-0.25, -0.2) is 9.67 Å². The largest absolute Gasteiger partial charge is 0.380 e. The SMILES string of the molecule is COCc1cccc(C(=O)NCc2ccc(Cn3cncn3)cc2)c1. The van der Waals surface area contributed by atoms with Gasteiger partial charge in [-0.3, -0.25) is 4.79 Å². The third-order valence-electron chi connectivity index (χ3n) is 3.79. The second-order valence-corrected chi connectivity index (χ2v) is 5.73. The van der Waals surface area contributed by atoms with E-state index in [1.807, 2.05) is 42.5 Å². The molecule has 0 atom stereocenters. The average molecular weight is 336 g/mol. The second kappa shape index (κ2) is 8.21. The molecule has 0 fully saturated rings. The van der Waals surface area contributed by atoms with Crippen molar-refractivity contribution in [2.75, 3.05) is 7.11 Å². The van der Waals surface area contributed by atoms with Crippen molar-refractivity contribution in [2.24, 2.45) is 0 Å². The normalized spacial score (nSPS) is 10.6. The Morgan fingerprint density at radius 2 is 1.92 bits per heavy atom. The van der Waals surface area contributed by atoms with Crippen LogP contribution in [0, 0.1) is 0 Å². The molecule has 6 heteroatoms. The van der Waals surface area contributed by atoms with Gasteiger partial charge in [0.05, 0.1) is 13.2 Å². The quantitative estimate of drug-likeness (QED) is 0.719. The molecular formula is C19H20N4O2. The first-order valence-corrected chi connectivity index (χ1v) is 8.01. The van der Waals surface area contributed by atoms with Crippen LogP contribution in [0.2, 0.25) is 0 Å². The zero-order valence-corrected chi connectivity index (χ0v) is 14.1. The molecule has 1 heterocycles. The van der Waals surface area contributed by atoms with Crippen molar-refractivity contribution >= 4 is 5.91 Å². The number of carbonyl (C=O) groups excluding carboxylic acids is 1.